The summed E-state index contributed by atoms with van der Waals surface area (Å²) in [6.07, 6.45) is 0.0772. The summed E-state index contributed by atoms with van der Waals surface area (Å²) in [6, 6.07) is 4.72. The van der Waals surface area contributed by atoms with Gasteiger partial charge in [0, 0.05) is 18.4 Å². The van der Waals surface area contributed by atoms with Crippen LogP contribution in [0.4, 0.5) is 0 Å². The van der Waals surface area contributed by atoms with Crippen molar-refractivity contribution in [2.45, 2.75) is 19.8 Å². The SMILES string of the molecule is CC(CC(=O)O)CC(=O)c1ccc2c(c1)C(=O)NCCO2. The average molecular weight is 291 g/mol. The molecule has 0 saturated carbocycles. The number of carboxylic acids is 1. The van der Waals surface area contributed by atoms with Crippen LogP contribution in [0.25, 0.3) is 0 Å². The van der Waals surface area contributed by atoms with Crippen molar-refractivity contribution in [3.63, 3.8) is 0 Å². The van der Waals surface area contributed by atoms with E-state index in [0.29, 0.717) is 30.0 Å². The largest absolute Gasteiger partial charge is 0.491 e. The molecule has 1 aliphatic rings. The van der Waals surface area contributed by atoms with Crippen molar-refractivity contribution in [2.75, 3.05) is 13.2 Å². The maximum atomic E-state index is 12.1. The van der Waals surface area contributed by atoms with Crippen LogP contribution < -0.4 is 10.1 Å². The molecule has 6 heteroatoms. The molecule has 1 aromatic carbocycles. The molecule has 1 aromatic rings. The molecule has 1 atom stereocenters. The van der Waals surface area contributed by atoms with Crippen molar-refractivity contribution >= 4 is 17.7 Å². The van der Waals surface area contributed by atoms with Gasteiger partial charge < -0.3 is 15.2 Å². The van der Waals surface area contributed by atoms with Gasteiger partial charge in [-0.15, -0.1) is 0 Å². The molecule has 1 heterocycles. The first kappa shape index (κ1) is 15.0. The minimum atomic E-state index is -0.926. The molecule has 2 N–H and O–H groups in total. The van der Waals surface area contributed by atoms with Gasteiger partial charge in [0.15, 0.2) is 5.78 Å². The van der Waals surface area contributed by atoms with E-state index in [0.717, 1.165) is 0 Å². The number of rotatable bonds is 5. The summed E-state index contributed by atoms with van der Waals surface area (Å²) < 4.78 is 5.41. The predicted molar refractivity (Wildman–Crippen MR) is 74.6 cm³/mol. The van der Waals surface area contributed by atoms with Crippen molar-refractivity contribution in [3.8, 4) is 5.75 Å². The van der Waals surface area contributed by atoms with E-state index in [1.165, 1.54) is 6.07 Å². The Balaban J connectivity index is 2.15. The Bertz CT molecular complexity index is 581. The van der Waals surface area contributed by atoms with Gasteiger partial charge in [0.1, 0.15) is 12.4 Å². The second kappa shape index (κ2) is 6.39. The number of carboxylic acid groups (broad SMARTS) is 1. The molecule has 0 saturated heterocycles. The highest BCUT2D eigenvalue weighted by Crippen LogP contribution is 2.23. The summed E-state index contributed by atoms with van der Waals surface area (Å²) in [5.74, 6) is -1.16. The van der Waals surface area contributed by atoms with Gasteiger partial charge in [0.25, 0.3) is 5.91 Å². The van der Waals surface area contributed by atoms with E-state index < -0.39 is 5.97 Å². The van der Waals surface area contributed by atoms with Crippen LogP contribution in [0.2, 0.25) is 0 Å². The third-order valence-corrected chi connectivity index (χ3v) is 3.25. The Morgan fingerprint density at radius 2 is 2.14 bits per heavy atom. The van der Waals surface area contributed by atoms with Crippen molar-refractivity contribution in [1.29, 1.82) is 0 Å². The third kappa shape index (κ3) is 3.81. The molecule has 0 radical (unpaired) electrons. The number of Topliss-reactive ketones (excluding diaryl/α,β-unsaturated/α-hetero) is 1. The molecule has 0 aliphatic carbocycles. The number of hydrogen-bond acceptors (Lipinski definition) is 4. The molecule has 6 nitrogen and oxygen atoms in total. The highest BCUT2D eigenvalue weighted by atomic mass is 16.5. The van der Waals surface area contributed by atoms with Crippen molar-refractivity contribution < 1.29 is 24.2 Å². The highest BCUT2D eigenvalue weighted by Gasteiger charge is 2.20. The molecular formula is C15H17NO5. The van der Waals surface area contributed by atoms with Gasteiger partial charge in [-0.25, -0.2) is 0 Å². The Hall–Kier alpha value is -2.37. The normalized spacial score (nSPS) is 15.2. The first-order valence-electron chi connectivity index (χ1n) is 6.77. The maximum absolute atomic E-state index is 12.1. The first-order chi connectivity index (χ1) is 9.97. The lowest BCUT2D eigenvalue weighted by atomic mass is 9.96. The van der Waals surface area contributed by atoms with Gasteiger partial charge in [-0.2, -0.15) is 0 Å². The monoisotopic (exact) mass is 291 g/mol. The molecule has 2 rings (SSSR count). The van der Waals surface area contributed by atoms with Crippen LogP contribution in [-0.4, -0.2) is 35.9 Å². The molecule has 0 fully saturated rings. The lowest BCUT2D eigenvalue weighted by Gasteiger charge is -2.10. The summed E-state index contributed by atoms with van der Waals surface area (Å²) in [5.41, 5.74) is 0.732. The standard InChI is InChI=1S/C15H17NO5/c1-9(7-14(18)19)6-12(17)10-2-3-13-11(8-10)15(20)16-4-5-21-13/h2-3,8-9H,4-7H2,1H3,(H,16,20)(H,18,19). The second-order valence-electron chi connectivity index (χ2n) is 5.15. The topological polar surface area (TPSA) is 92.7 Å². The van der Waals surface area contributed by atoms with Crippen LogP contribution in [-0.2, 0) is 4.79 Å². The van der Waals surface area contributed by atoms with Crippen LogP contribution >= 0.6 is 0 Å². The van der Waals surface area contributed by atoms with Gasteiger partial charge in [-0.05, 0) is 24.1 Å². The molecular weight excluding hydrogens is 274 g/mol. The van der Waals surface area contributed by atoms with Crippen LogP contribution in [0.1, 0.15) is 40.5 Å². The van der Waals surface area contributed by atoms with E-state index in [-0.39, 0.29) is 30.4 Å². The van der Waals surface area contributed by atoms with Gasteiger partial charge in [-0.1, -0.05) is 6.92 Å². The zero-order valence-electron chi connectivity index (χ0n) is 11.7. The highest BCUT2D eigenvalue weighted by molar-refractivity contribution is 6.02. The number of carbonyl (C=O) groups excluding carboxylic acids is 2. The number of aliphatic carboxylic acids is 1. The van der Waals surface area contributed by atoms with Crippen LogP contribution in [0.5, 0.6) is 5.75 Å². The fourth-order valence-electron chi connectivity index (χ4n) is 2.23. The predicted octanol–water partition coefficient (Wildman–Crippen LogP) is 1.49. The van der Waals surface area contributed by atoms with E-state index in [9.17, 15) is 14.4 Å². The van der Waals surface area contributed by atoms with Crippen molar-refractivity contribution in [3.05, 3.63) is 29.3 Å². The number of nitrogens with one attached hydrogen (secondary N) is 1. The third-order valence-electron chi connectivity index (χ3n) is 3.25. The lowest BCUT2D eigenvalue weighted by Crippen LogP contribution is -2.24. The Labute approximate surface area is 122 Å². The molecule has 21 heavy (non-hydrogen) atoms. The summed E-state index contributed by atoms with van der Waals surface area (Å²) in [7, 11) is 0. The smallest absolute Gasteiger partial charge is 0.303 e. The summed E-state index contributed by atoms with van der Waals surface area (Å²) in [4.78, 5) is 34.6. The van der Waals surface area contributed by atoms with Gasteiger partial charge in [-0.3, -0.25) is 14.4 Å². The van der Waals surface area contributed by atoms with E-state index in [1.807, 2.05) is 0 Å². The fourth-order valence-corrected chi connectivity index (χ4v) is 2.23. The molecule has 1 unspecified atom stereocenters. The number of hydrogen-bond donors (Lipinski definition) is 2. The average Bonchev–Trinajstić information content (AvgIpc) is 2.59. The number of amides is 1. The number of fused-ring (bicyclic) bond motifs is 1. The number of benzene rings is 1. The molecule has 1 aliphatic heterocycles. The number of ketones is 1. The van der Waals surface area contributed by atoms with Crippen LogP contribution in [0.3, 0.4) is 0 Å². The molecule has 1 amide bonds. The number of carbonyl (C=O) groups is 3. The van der Waals surface area contributed by atoms with Gasteiger partial charge in [0.2, 0.25) is 0 Å². The Morgan fingerprint density at radius 1 is 1.38 bits per heavy atom. The first-order valence-corrected chi connectivity index (χ1v) is 6.77. The maximum Gasteiger partial charge on any atom is 0.303 e. The molecule has 0 aromatic heterocycles. The Morgan fingerprint density at radius 3 is 2.86 bits per heavy atom. The molecule has 0 spiro atoms. The van der Waals surface area contributed by atoms with E-state index in [1.54, 1.807) is 19.1 Å². The van der Waals surface area contributed by atoms with E-state index in [4.69, 9.17) is 9.84 Å². The summed E-state index contributed by atoms with van der Waals surface area (Å²) in [5, 5.41) is 11.4. The number of ether oxygens (including phenoxy) is 1. The van der Waals surface area contributed by atoms with Gasteiger partial charge in [0.05, 0.1) is 12.1 Å². The lowest BCUT2D eigenvalue weighted by molar-refractivity contribution is -0.137. The van der Waals surface area contributed by atoms with Crippen molar-refractivity contribution in [2.24, 2.45) is 5.92 Å². The fraction of sp³-hybridized carbons (Fsp3) is 0.400. The zero-order chi connectivity index (χ0) is 15.4. The minimum absolute atomic E-state index is 0.0553. The minimum Gasteiger partial charge on any atom is -0.491 e. The molecule has 112 valence electrons. The zero-order valence-corrected chi connectivity index (χ0v) is 11.7. The summed E-state index contributed by atoms with van der Waals surface area (Å²) in [6.45, 7) is 2.53. The quantitative estimate of drug-likeness (QED) is 0.802. The Kier molecular flexibility index (Phi) is 4.57. The van der Waals surface area contributed by atoms with Crippen LogP contribution in [0.15, 0.2) is 18.2 Å². The van der Waals surface area contributed by atoms with E-state index >= 15 is 0 Å². The van der Waals surface area contributed by atoms with Crippen molar-refractivity contribution in [1.82, 2.24) is 5.32 Å². The summed E-state index contributed by atoms with van der Waals surface area (Å²) >= 11 is 0. The molecule has 0 bridgehead atoms. The van der Waals surface area contributed by atoms with Crippen LogP contribution in [0, 0.1) is 5.92 Å². The van der Waals surface area contributed by atoms with E-state index in [2.05, 4.69) is 5.32 Å². The second-order valence-corrected chi connectivity index (χ2v) is 5.15. The van der Waals surface area contributed by atoms with Gasteiger partial charge >= 0.3 is 5.97 Å².